The molecule has 0 saturated carbocycles. The van der Waals surface area contributed by atoms with Crippen LogP contribution in [0.3, 0.4) is 0 Å². The second kappa shape index (κ2) is 11.3. The summed E-state index contributed by atoms with van der Waals surface area (Å²) in [6.45, 7) is 2.20. The van der Waals surface area contributed by atoms with Gasteiger partial charge in [-0.2, -0.15) is 0 Å². The van der Waals surface area contributed by atoms with Crippen LogP contribution in [0, 0.1) is 0 Å². The molecule has 1 fully saturated rings. The molecular formula is C28H29N3O4. The molecule has 0 aromatic heterocycles. The van der Waals surface area contributed by atoms with Crippen molar-refractivity contribution in [3.63, 3.8) is 0 Å². The zero-order valence-electron chi connectivity index (χ0n) is 19.8. The third-order valence-corrected chi connectivity index (χ3v) is 6.09. The summed E-state index contributed by atoms with van der Waals surface area (Å²) in [4.78, 5) is 37.7. The van der Waals surface area contributed by atoms with Gasteiger partial charge in [0.15, 0.2) is 0 Å². The average molecular weight is 472 g/mol. The van der Waals surface area contributed by atoms with Crippen molar-refractivity contribution in [1.82, 2.24) is 15.5 Å². The lowest BCUT2D eigenvalue weighted by Crippen LogP contribution is -2.34. The molecule has 180 valence electrons. The van der Waals surface area contributed by atoms with Crippen molar-refractivity contribution in [2.45, 2.75) is 32.5 Å². The molecule has 3 aromatic rings. The fraction of sp³-hybridized carbons (Fsp3) is 0.250. The molecule has 7 nitrogen and oxygen atoms in total. The van der Waals surface area contributed by atoms with Crippen molar-refractivity contribution in [3.8, 4) is 11.1 Å². The summed E-state index contributed by atoms with van der Waals surface area (Å²) in [7, 11) is 1.34. The molecule has 3 amide bonds. The highest BCUT2D eigenvalue weighted by Crippen LogP contribution is 2.25. The van der Waals surface area contributed by atoms with Crippen LogP contribution < -0.4 is 10.6 Å². The maximum atomic E-state index is 12.4. The van der Waals surface area contributed by atoms with E-state index in [1.807, 2.05) is 29.2 Å². The highest BCUT2D eigenvalue weighted by atomic mass is 16.5. The number of nitrogens with zero attached hydrogens (tertiary/aromatic N) is 1. The van der Waals surface area contributed by atoms with E-state index in [1.54, 1.807) is 24.3 Å². The van der Waals surface area contributed by atoms with Crippen LogP contribution in [0.4, 0.5) is 4.79 Å². The summed E-state index contributed by atoms with van der Waals surface area (Å²) < 4.78 is 4.69. The third-order valence-electron chi connectivity index (χ3n) is 6.09. The second-order valence-corrected chi connectivity index (χ2v) is 8.50. The zero-order valence-corrected chi connectivity index (χ0v) is 19.8. The highest BCUT2D eigenvalue weighted by Gasteiger charge is 2.20. The van der Waals surface area contributed by atoms with Crippen molar-refractivity contribution in [3.05, 3.63) is 95.1 Å². The number of hydrogen-bond donors (Lipinski definition) is 2. The lowest BCUT2D eigenvalue weighted by molar-refractivity contribution is -0.128. The number of ether oxygens (including phenoxy) is 1. The first kappa shape index (κ1) is 24.0. The Morgan fingerprint density at radius 3 is 2.26 bits per heavy atom. The molecule has 2 N–H and O–H groups in total. The Morgan fingerprint density at radius 1 is 0.886 bits per heavy atom. The molecule has 0 unspecified atom stereocenters. The van der Waals surface area contributed by atoms with Gasteiger partial charge in [-0.05, 0) is 46.4 Å². The first-order chi connectivity index (χ1) is 17.0. The van der Waals surface area contributed by atoms with Crippen molar-refractivity contribution in [1.29, 1.82) is 0 Å². The van der Waals surface area contributed by atoms with Crippen molar-refractivity contribution < 1.29 is 19.1 Å². The third kappa shape index (κ3) is 6.26. The van der Waals surface area contributed by atoms with Gasteiger partial charge in [-0.15, -0.1) is 0 Å². The zero-order chi connectivity index (χ0) is 24.6. The van der Waals surface area contributed by atoms with Crippen LogP contribution in [-0.4, -0.2) is 36.5 Å². The van der Waals surface area contributed by atoms with Gasteiger partial charge in [0.1, 0.15) is 0 Å². The summed E-state index contributed by atoms with van der Waals surface area (Å²) in [6, 6.07) is 22.8. The van der Waals surface area contributed by atoms with Gasteiger partial charge in [0.25, 0.3) is 0 Å². The van der Waals surface area contributed by atoms with E-state index in [9.17, 15) is 14.4 Å². The minimum Gasteiger partial charge on any atom is -0.465 e. The fourth-order valence-corrected chi connectivity index (χ4v) is 4.13. The van der Waals surface area contributed by atoms with Crippen LogP contribution in [0.5, 0.6) is 0 Å². The number of nitrogens with one attached hydrogen (secondary N) is 2. The molecular weight excluding hydrogens is 442 g/mol. The number of carbonyl (C=O) groups excluding carboxylic acids is 3. The first-order valence-electron chi connectivity index (χ1n) is 11.7. The molecule has 1 aliphatic rings. The van der Waals surface area contributed by atoms with E-state index in [0.29, 0.717) is 31.6 Å². The van der Waals surface area contributed by atoms with Crippen LogP contribution in [0.15, 0.2) is 72.8 Å². The number of likely N-dealkylation sites (tertiary alicyclic amines) is 1. The van der Waals surface area contributed by atoms with E-state index >= 15 is 0 Å². The second-order valence-electron chi connectivity index (χ2n) is 8.50. The monoisotopic (exact) mass is 471 g/mol. The van der Waals surface area contributed by atoms with Gasteiger partial charge >= 0.3 is 12.0 Å². The van der Waals surface area contributed by atoms with Crippen molar-refractivity contribution in [2.24, 2.45) is 0 Å². The summed E-state index contributed by atoms with van der Waals surface area (Å²) in [5.41, 5.74) is 5.57. The Bertz CT molecular complexity index is 1190. The number of benzene rings is 3. The van der Waals surface area contributed by atoms with Gasteiger partial charge in [0.05, 0.1) is 12.7 Å². The molecule has 1 saturated heterocycles. The number of hydrogen-bond acceptors (Lipinski definition) is 4. The number of methoxy groups -OCH3 is 1. The molecule has 0 bridgehead atoms. The molecule has 0 aliphatic carbocycles. The molecule has 0 spiro atoms. The van der Waals surface area contributed by atoms with E-state index in [4.69, 9.17) is 4.74 Å². The average Bonchev–Trinajstić information content (AvgIpc) is 3.30. The number of rotatable bonds is 8. The maximum Gasteiger partial charge on any atom is 0.337 e. The Hall–Kier alpha value is -4.13. The van der Waals surface area contributed by atoms with Gasteiger partial charge < -0.3 is 20.3 Å². The predicted molar refractivity (Wildman–Crippen MR) is 133 cm³/mol. The Kier molecular flexibility index (Phi) is 7.77. The van der Waals surface area contributed by atoms with E-state index in [-0.39, 0.29) is 11.9 Å². The number of urea groups is 1. The quantitative estimate of drug-likeness (QED) is 0.481. The normalized spacial score (nSPS) is 12.9. The highest BCUT2D eigenvalue weighted by molar-refractivity contribution is 5.89. The summed E-state index contributed by atoms with van der Waals surface area (Å²) >= 11 is 0. The van der Waals surface area contributed by atoms with Gasteiger partial charge in [0, 0.05) is 32.6 Å². The van der Waals surface area contributed by atoms with Crippen molar-refractivity contribution >= 4 is 17.9 Å². The minimum atomic E-state index is -0.391. The Labute approximate surface area is 205 Å². The SMILES string of the molecule is COC(=O)c1ccc(CNC(=O)NCc2ccccc2-c2ccc(CN3CCCC3=O)cc2)cc1. The van der Waals surface area contributed by atoms with E-state index < -0.39 is 5.97 Å². The standard InChI is InChI=1S/C28H29N3O4/c1-35-27(33)23-14-8-20(9-15-23)17-29-28(34)30-18-24-5-2-3-6-25(24)22-12-10-21(11-13-22)19-31-16-4-7-26(31)32/h2-3,5-6,8-15H,4,7,16-19H2,1H3,(H2,29,30,34). The summed E-state index contributed by atoms with van der Waals surface area (Å²) in [6.07, 6.45) is 1.58. The maximum absolute atomic E-state index is 12.4. The van der Waals surface area contributed by atoms with Crippen LogP contribution in [0.25, 0.3) is 11.1 Å². The smallest absolute Gasteiger partial charge is 0.337 e. The van der Waals surface area contributed by atoms with Gasteiger partial charge in [-0.3, -0.25) is 4.79 Å². The molecule has 1 aliphatic heterocycles. The Morgan fingerprint density at radius 2 is 1.57 bits per heavy atom. The van der Waals surface area contributed by atoms with Crippen LogP contribution in [-0.2, 0) is 29.2 Å². The molecule has 0 radical (unpaired) electrons. The lowest BCUT2D eigenvalue weighted by atomic mass is 9.98. The molecule has 7 heteroatoms. The minimum absolute atomic E-state index is 0.224. The van der Waals surface area contributed by atoms with Crippen LogP contribution >= 0.6 is 0 Å². The van der Waals surface area contributed by atoms with E-state index in [2.05, 4.69) is 34.9 Å². The first-order valence-corrected chi connectivity index (χ1v) is 11.7. The number of amides is 3. The molecule has 0 atom stereocenters. The van der Waals surface area contributed by atoms with Crippen LogP contribution in [0.1, 0.15) is 39.9 Å². The number of esters is 1. The fourth-order valence-electron chi connectivity index (χ4n) is 4.13. The van der Waals surface area contributed by atoms with E-state index in [1.165, 1.54) is 7.11 Å². The van der Waals surface area contributed by atoms with E-state index in [0.717, 1.165) is 40.8 Å². The Balaban J connectivity index is 1.32. The largest absolute Gasteiger partial charge is 0.465 e. The van der Waals surface area contributed by atoms with Gasteiger partial charge in [-0.25, -0.2) is 9.59 Å². The molecule has 4 rings (SSSR count). The topological polar surface area (TPSA) is 87.7 Å². The lowest BCUT2D eigenvalue weighted by Gasteiger charge is -2.16. The van der Waals surface area contributed by atoms with Gasteiger partial charge in [-0.1, -0.05) is 60.7 Å². The molecule has 1 heterocycles. The molecule has 35 heavy (non-hydrogen) atoms. The number of carbonyl (C=O) groups is 3. The van der Waals surface area contributed by atoms with Crippen LogP contribution in [0.2, 0.25) is 0 Å². The summed E-state index contributed by atoms with van der Waals surface area (Å²) in [5, 5.41) is 5.75. The van der Waals surface area contributed by atoms with Crippen molar-refractivity contribution in [2.75, 3.05) is 13.7 Å². The summed E-state index contributed by atoms with van der Waals surface area (Å²) in [5.74, 6) is -0.167. The van der Waals surface area contributed by atoms with Gasteiger partial charge in [0.2, 0.25) is 5.91 Å². The predicted octanol–water partition coefficient (Wildman–Crippen LogP) is 4.26. The molecule has 3 aromatic carbocycles.